The highest BCUT2D eigenvalue weighted by Gasteiger charge is 2.18. The minimum absolute atomic E-state index is 0.00162. The Morgan fingerprint density at radius 3 is 2.11 bits per heavy atom. The first kappa shape index (κ1) is 16.1. The fourth-order valence-corrected chi connectivity index (χ4v) is 3.40. The van der Waals surface area contributed by atoms with E-state index in [9.17, 15) is 16.8 Å². The first-order valence-corrected chi connectivity index (χ1v) is 9.62. The Morgan fingerprint density at radius 1 is 1.11 bits per heavy atom. The molecule has 0 aromatic heterocycles. The van der Waals surface area contributed by atoms with Crippen LogP contribution in [0, 0.1) is 0 Å². The Morgan fingerprint density at radius 2 is 1.68 bits per heavy atom. The number of benzene rings is 1. The maximum absolute atomic E-state index is 11.8. The van der Waals surface area contributed by atoms with Gasteiger partial charge in [-0.25, -0.2) is 16.8 Å². The Balaban J connectivity index is 3.42. The molecule has 0 fully saturated rings. The van der Waals surface area contributed by atoms with E-state index in [1.54, 1.807) is 0 Å². The molecule has 0 heterocycles. The van der Waals surface area contributed by atoms with Crippen molar-refractivity contribution in [3.05, 3.63) is 23.8 Å². The van der Waals surface area contributed by atoms with Gasteiger partial charge < -0.3 is 5.73 Å². The summed E-state index contributed by atoms with van der Waals surface area (Å²) in [5.74, 6) is 0. The Hall–Kier alpha value is -0.920. The van der Waals surface area contributed by atoms with Gasteiger partial charge in [-0.2, -0.15) is 0 Å². The van der Waals surface area contributed by atoms with E-state index in [-0.39, 0.29) is 15.8 Å². The van der Waals surface area contributed by atoms with Crippen LogP contribution in [0.2, 0.25) is 0 Å². The molecule has 7 heteroatoms. The smallest absolute Gasteiger partial charge is 0.175 e. The predicted octanol–water partition coefficient (Wildman–Crippen LogP) is 0.773. The summed E-state index contributed by atoms with van der Waals surface area (Å²) in [6.07, 6.45) is 3.24. The molecule has 0 aliphatic heterocycles. The molecule has 5 nitrogen and oxygen atoms in total. The topological polar surface area (TPSA) is 94.3 Å². The van der Waals surface area contributed by atoms with E-state index in [1.165, 1.54) is 18.2 Å². The molecule has 0 saturated carbocycles. The van der Waals surface area contributed by atoms with Crippen molar-refractivity contribution >= 4 is 19.7 Å². The first-order valence-electron chi connectivity index (χ1n) is 5.84. The highest BCUT2D eigenvalue weighted by Crippen LogP contribution is 2.22. The van der Waals surface area contributed by atoms with Gasteiger partial charge in [0.05, 0.1) is 9.79 Å². The van der Waals surface area contributed by atoms with Gasteiger partial charge in [0, 0.05) is 18.6 Å². The van der Waals surface area contributed by atoms with Crippen molar-refractivity contribution in [3.8, 4) is 0 Å². The van der Waals surface area contributed by atoms with Crippen molar-refractivity contribution in [3.63, 3.8) is 0 Å². The molecule has 2 N–H and O–H groups in total. The van der Waals surface area contributed by atoms with Gasteiger partial charge in [0.15, 0.2) is 19.7 Å². The van der Waals surface area contributed by atoms with Crippen LogP contribution in [-0.4, -0.2) is 35.4 Å². The van der Waals surface area contributed by atoms with Gasteiger partial charge in [-0.3, -0.25) is 0 Å². The molecule has 0 aliphatic rings. The highest BCUT2D eigenvalue weighted by atomic mass is 32.2. The van der Waals surface area contributed by atoms with Gasteiger partial charge in [0.25, 0.3) is 0 Å². The number of hydrogen-bond donors (Lipinski definition) is 1. The molecular formula is C12H19NO4S2. The molecule has 0 aliphatic carbocycles. The Labute approximate surface area is 114 Å². The number of rotatable bonds is 5. The minimum Gasteiger partial charge on any atom is -0.327 e. The van der Waals surface area contributed by atoms with E-state index < -0.39 is 19.7 Å². The van der Waals surface area contributed by atoms with Crippen LogP contribution in [0.15, 0.2) is 28.0 Å². The van der Waals surface area contributed by atoms with Crippen LogP contribution in [0.3, 0.4) is 0 Å². The van der Waals surface area contributed by atoms with Crippen molar-refractivity contribution in [2.75, 3.05) is 12.5 Å². The van der Waals surface area contributed by atoms with E-state index in [2.05, 4.69) is 0 Å². The van der Waals surface area contributed by atoms with Gasteiger partial charge in [-0.15, -0.1) is 0 Å². The monoisotopic (exact) mass is 305 g/mol. The molecule has 1 atom stereocenters. The van der Waals surface area contributed by atoms with Crippen molar-refractivity contribution in [2.45, 2.75) is 35.6 Å². The second-order valence-corrected chi connectivity index (χ2v) is 8.69. The van der Waals surface area contributed by atoms with Crippen LogP contribution in [-0.2, 0) is 26.1 Å². The third kappa shape index (κ3) is 4.29. The zero-order valence-corrected chi connectivity index (χ0v) is 12.9. The van der Waals surface area contributed by atoms with Crippen molar-refractivity contribution in [1.29, 1.82) is 0 Å². The summed E-state index contributed by atoms with van der Waals surface area (Å²) in [5.41, 5.74) is 6.39. The lowest BCUT2D eigenvalue weighted by atomic mass is 10.1. The van der Waals surface area contributed by atoms with Crippen LogP contribution in [0.5, 0.6) is 0 Å². The number of sulfone groups is 2. The zero-order valence-electron chi connectivity index (χ0n) is 11.3. The summed E-state index contributed by atoms with van der Waals surface area (Å²) in [4.78, 5) is 0.0427. The van der Waals surface area contributed by atoms with Gasteiger partial charge in [-0.05, 0) is 30.5 Å². The number of hydrogen-bond acceptors (Lipinski definition) is 5. The lowest BCUT2D eigenvalue weighted by molar-refractivity contribution is 0.595. The normalized spacial score (nSPS) is 14.3. The standard InChI is InChI=1S/C12H19NO4S2/c1-4-10(13)7-9-5-6-11(18(2,14)15)8-12(9)19(3,16)17/h5-6,8,10H,4,7,13H2,1-3H3. The molecule has 1 rings (SSSR count). The maximum atomic E-state index is 11.8. The van der Waals surface area contributed by atoms with Crippen molar-refractivity contribution in [1.82, 2.24) is 0 Å². The van der Waals surface area contributed by atoms with E-state index >= 15 is 0 Å². The zero-order chi connectivity index (χ0) is 14.8. The first-order chi connectivity index (χ1) is 8.55. The molecule has 0 radical (unpaired) electrons. The summed E-state index contributed by atoms with van der Waals surface area (Å²) < 4.78 is 46.5. The van der Waals surface area contributed by atoms with Gasteiger partial charge in [-0.1, -0.05) is 13.0 Å². The molecule has 0 bridgehead atoms. The fraction of sp³-hybridized carbons (Fsp3) is 0.500. The third-order valence-electron chi connectivity index (χ3n) is 2.87. The second kappa shape index (κ2) is 5.60. The van der Waals surface area contributed by atoms with Gasteiger partial charge >= 0.3 is 0 Å². The molecule has 108 valence electrons. The average molecular weight is 305 g/mol. The lowest BCUT2D eigenvalue weighted by Gasteiger charge is -2.13. The van der Waals surface area contributed by atoms with Crippen LogP contribution in [0.25, 0.3) is 0 Å². The summed E-state index contributed by atoms with van der Waals surface area (Å²) in [6.45, 7) is 1.91. The van der Waals surface area contributed by atoms with Crippen LogP contribution < -0.4 is 5.73 Å². The van der Waals surface area contributed by atoms with Crippen LogP contribution >= 0.6 is 0 Å². The lowest BCUT2D eigenvalue weighted by Crippen LogP contribution is -2.22. The van der Waals surface area contributed by atoms with Crippen molar-refractivity contribution in [2.24, 2.45) is 5.73 Å². The highest BCUT2D eigenvalue weighted by molar-refractivity contribution is 7.91. The van der Waals surface area contributed by atoms with E-state index in [0.29, 0.717) is 12.0 Å². The third-order valence-corrected chi connectivity index (χ3v) is 5.16. The molecule has 1 aromatic carbocycles. The average Bonchev–Trinajstić information content (AvgIpc) is 2.26. The quantitative estimate of drug-likeness (QED) is 0.867. The Kier molecular flexibility index (Phi) is 4.76. The fourth-order valence-electron chi connectivity index (χ4n) is 1.71. The SMILES string of the molecule is CCC(N)Cc1ccc(S(C)(=O)=O)cc1S(C)(=O)=O. The molecule has 1 unspecified atom stereocenters. The minimum atomic E-state index is -3.49. The molecule has 0 amide bonds. The summed E-state index contributed by atoms with van der Waals surface area (Å²) >= 11 is 0. The summed E-state index contributed by atoms with van der Waals surface area (Å²) in [6, 6.07) is 4.01. The molecule has 19 heavy (non-hydrogen) atoms. The van der Waals surface area contributed by atoms with Gasteiger partial charge in [0.2, 0.25) is 0 Å². The predicted molar refractivity (Wildman–Crippen MR) is 74.6 cm³/mol. The second-order valence-electron chi connectivity index (χ2n) is 4.69. The Bertz CT molecular complexity index is 663. The van der Waals surface area contributed by atoms with E-state index in [0.717, 1.165) is 18.9 Å². The molecular weight excluding hydrogens is 286 g/mol. The maximum Gasteiger partial charge on any atom is 0.175 e. The number of nitrogens with two attached hydrogens (primary N) is 1. The van der Waals surface area contributed by atoms with Gasteiger partial charge in [0.1, 0.15) is 0 Å². The molecule has 0 saturated heterocycles. The molecule has 1 aromatic rings. The molecule has 0 spiro atoms. The van der Waals surface area contributed by atoms with E-state index in [4.69, 9.17) is 5.73 Å². The van der Waals surface area contributed by atoms with Crippen LogP contribution in [0.1, 0.15) is 18.9 Å². The summed E-state index contributed by atoms with van der Waals surface area (Å²) in [7, 11) is -6.92. The largest absolute Gasteiger partial charge is 0.327 e. The van der Waals surface area contributed by atoms with Crippen molar-refractivity contribution < 1.29 is 16.8 Å². The van der Waals surface area contributed by atoms with Crippen LogP contribution in [0.4, 0.5) is 0 Å². The van der Waals surface area contributed by atoms with E-state index in [1.807, 2.05) is 6.92 Å². The summed E-state index contributed by atoms with van der Waals surface area (Å²) in [5, 5.41) is 0.